The average molecular weight is 382 g/mol. The van der Waals surface area contributed by atoms with Crippen molar-refractivity contribution >= 4 is 23.6 Å². The number of hydrogen-bond donors (Lipinski definition) is 1. The van der Waals surface area contributed by atoms with E-state index in [9.17, 15) is 4.79 Å². The van der Waals surface area contributed by atoms with Crippen molar-refractivity contribution in [2.45, 2.75) is 57.8 Å². The van der Waals surface area contributed by atoms with Gasteiger partial charge in [0.15, 0.2) is 5.16 Å². The molecule has 26 heavy (non-hydrogen) atoms. The van der Waals surface area contributed by atoms with Crippen LogP contribution in [0.15, 0.2) is 5.16 Å². The van der Waals surface area contributed by atoms with Crippen LogP contribution in [0.25, 0.3) is 0 Å². The van der Waals surface area contributed by atoms with E-state index in [2.05, 4.69) is 45.8 Å². The van der Waals surface area contributed by atoms with E-state index in [1.807, 2.05) is 0 Å². The molecule has 2 aliphatic rings. The zero-order valence-corrected chi connectivity index (χ0v) is 16.9. The van der Waals surface area contributed by atoms with Crippen LogP contribution in [0.5, 0.6) is 0 Å². The van der Waals surface area contributed by atoms with Crippen LogP contribution in [0, 0.1) is 11.8 Å². The molecule has 0 radical (unpaired) electrons. The molecule has 1 amide bonds. The summed E-state index contributed by atoms with van der Waals surface area (Å²) in [4.78, 5) is 14.6. The smallest absolute Gasteiger partial charge is 0.230 e. The summed E-state index contributed by atoms with van der Waals surface area (Å²) in [6.45, 7) is 10.5. The van der Waals surface area contributed by atoms with Crippen molar-refractivity contribution in [3.05, 3.63) is 0 Å². The minimum Gasteiger partial charge on any atom is -0.378 e. The highest BCUT2D eigenvalue weighted by atomic mass is 32.2. The van der Waals surface area contributed by atoms with Crippen LogP contribution in [-0.4, -0.2) is 58.8 Å². The van der Waals surface area contributed by atoms with Crippen molar-refractivity contribution in [3.63, 3.8) is 0 Å². The van der Waals surface area contributed by atoms with Gasteiger partial charge in [-0.25, -0.2) is 0 Å². The van der Waals surface area contributed by atoms with Gasteiger partial charge in [-0.05, 0) is 25.2 Å². The van der Waals surface area contributed by atoms with Crippen molar-refractivity contribution in [2.75, 3.05) is 37.0 Å². The second-order valence-electron chi connectivity index (χ2n) is 7.36. The summed E-state index contributed by atoms with van der Waals surface area (Å²) < 4.78 is 7.50. The minimum absolute atomic E-state index is 0.0968. The molecular weight excluding hydrogens is 350 g/mol. The largest absolute Gasteiger partial charge is 0.378 e. The fourth-order valence-corrected chi connectivity index (χ4v) is 4.63. The van der Waals surface area contributed by atoms with Gasteiger partial charge in [-0.1, -0.05) is 38.5 Å². The van der Waals surface area contributed by atoms with Crippen LogP contribution in [-0.2, 0) is 16.1 Å². The number of thioether (sulfide) groups is 1. The summed E-state index contributed by atoms with van der Waals surface area (Å²) in [7, 11) is 0. The van der Waals surface area contributed by atoms with E-state index in [0.717, 1.165) is 50.4 Å². The molecule has 1 N–H and O–H groups in total. The molecule has 1 saturated carbocycles. The zero-order chi connectivity index (χ0) is 18.5. The van der Waals surface area contributed by atoms with Crippen LogP contribution in [0.2, 0.25) is 0 Å². The van der Waals surface area contributed by atoms with Crippen LogP contribution in [0.4, 0.5) is 5.95 Å². The first-order valence-electron chi connectivity index (χ1n) is 9.78. The quantitative estimate of drug-likeness (QED) is 0.762. The lowest BCUT2D eigenvalue weighted by atomic mass is 9.78. The number of hydrogen-bond acceptors (Lipinski definition) is 6. The lowest BCUT2D eigenvalue weighted by Gasteiger charge is -2.34. The number of ether oxygens (including phenoxy) is 1. The first-order valence-corrected chi connectivity index (χ1v) is 10.8. The van der Waals surface area contributed by atoms with Crippen LogP contribution in [0.1, 0.15) is 40.0 Å². The SMILES string of the molecule is CCn1c(SCC(=O)N[C@H]2CCC[C@H](C)[C@@H]2C)nnc1N1CCOCC1. The van der Waals surface area contributed by atoms with Crippen LogP contribution >= 0.6 is 11.8 Å². The second-order valence-corrected chi connectivity index (χ2v) is 8.30. The van der Waals surface area contributed by atoms with E-state index < -0.39 is 0 Å². The highest BCUT2D eigenvalue weighted by Gasteiger charge is 2.28. The number of anilines is 1. The summed E-state index contributed by atoms with van der Waals surface area (Å²) >= 11 is 1.47. The van der Waals surface area contributed by atoms with Gasteiger partial charge in [-0.15, -0.1) is 10.2 Å². The van der Waals surface area contributed by atoms with Gasteiger partial charge in [0.2, 0.25) is 11.9 Å². The lowest BCUT2D eigenvalue weighted by Crippen LogP contribution is -2.44. The summed E-state index contributed by atoms with van der Waals surface area (Å²) in [5.74, 6) is 2.60. The van der Waals surface area contributed by atoms with Crippen molar-refractivity contribution in [2.24, 2.45) is 11.8 Å². The molecule has 0 unspecified atom stereocenters. The van der Waals surface area contributed by atoms with E-state index in [0.29, 0.717) is 23.6 Å². The Morgan fingerprint density at radius 2 is 2.04 bits per heavy atom. The van der Waals surface area contributed by atoms with Gasteiger partial charge in [0.1, 0.15) is 0 Å². The highest BCUT2D eigenvalue weighted by molar-refractivity contribution is 7.99. The molecular formula is C18H31N5O2S. The maximum Gasteiger partial charge on any atom is 0.230 e. The molecule has 146 valence electrons. The predicted octanol–water partition coefficient (Wildman–Crippen LogP) is 2.17. The van der Waals surface area contributed by atoms with Gasteiger partial charge in [-0.2, -0.15) is 0 Å². The molecule has 0 spiro atoms. The number of carbonyl (C=O) groups is 1. The molecule has 1 aliphatic carbocycles. The van der Waals surface area contributed by atoms with Gasteiger partial charge in [0, 0.05) is 25.7 Å². The summed E-state index contributed by atoms with van der Waals surface area (Å²) in [5, 5.41) is 12.7. The van der Waals surface area contributed by atoms with Crippen LogP contribution in [0.3, 0.4) is 0 Å². The Labute approximate surface area is 160 Å². The highest BCUT2D eigenvalue weighted by Crippen LogP contribution is 2.29. The topological polar surface area (TPSA) is 72.3 Å². The van der Waals surface area contributed by atoms with E-state index >= 15 is 0 Å². The number of rotatable bonds is 6. The van der Waals surface area contributed by atoms with E-state index in [1.54, 1.807) is 0 Å². The molecule has 3 atom stereocenters. The number of morpholine rings is 1. The lowest BCUT2D eigenvalue weighted by molar-refractivity contribution is -0.120. The van der Waals surface area contributed by atoms with E-state index in [-0.39, 0.29) is 5.91 Å². The number of amides is 1. The first kappa shape index (κ1) is 19.5. The third-order valence-corrected chi connectivity index (χ3v) is 6.66. The first-order chi connectivity index (χ1) is 12.6. The molecule has 1 saturated heterocycles. The number of nitrogens with one attached hydrogen (secondary N) is 1. The Kier molecular flexibility index (Phi) is 6.80. The number of nitrogens with zero attached hydrogens (tertiary/aromatic N) is 4. The van der Waals surface area contributed by atoms with Crippen molar-refractivity contribution < 1.29 is 9.53 Å². The third-order valence-electron chi connectivity index (χ3n) is 5.69. The predicted molar refractivity (Wildman–Crippen MR) is 104 cm³/mol. The molecule has 3 rings (SSSR count). The summed E-state index contributed by atoms with van der Waals surface area (Å²) in [6.07, 6.45) is 3.57. The maximum atomic E-state index is 12.4. The van der Waals surface area contributed by atoms with Gasteiger partial charge >= 0.3 is 0 Å². The van der Waals surface area contributed by atoms with Crippen molar-refractivity contribution in [3.8, 4) is 0 Å². The average Bonchev–Trinajstić information content (AvgIpc) is 3.07. The summed E-state index contributed by atoms with van der Waals surface area (Å²) in [5.41, 5.74) is 0. The Bertz CT molecular complexity index is 602. The molecule has 8 heteroatoms. The summed E-state index contributed by atoms with van der Waals surface area (Å²) in [6, 6.07) is 0.305. The molecule has 2 heterocycles. The second kappa shape index (κ2) is 9.08. The third kappa shape index (κ3) is 4.52. The molecule has 0 bridgehead atoms. The fourth-order valence-electron chi connectivity index (χ4n) is 3.83. The molecule has 2 fully saturated rings. The minimum atomic E-state index is 0.0968. The molecule has 0 aromatic carbocycles. The standard InChI is InChI=1S/C18H31N5O2S/c1-4-23-17(22-8-10-25-11-9-22)20-21-18(23)26-12-16(24)19-15-7-5-6-13(2)14(15)3/h13-15H,4-12H2,1-3H3,(H,19,24)/t13-,14-,15-/m0/s1. The van der Waals surface area contributed by atoms with Gasteiger partial charge in [0.25, 0.3) is 0 Å². The van der Waals surface area contributed by atoms with Crippen LogP contribution < -0.4 is 10.2 Å². The monoisotopic (exact) mass is 381 g/mol. The Balaban J connectivity index is 1.55. The molecule has 1 aliphatic heterocycles. The molecule has 1 aromatic rings. The van der Waals surface area contributed by atoms with Crippen molar-refractivity contribution in [1.82, 2.24) is 20.1 Å². The number of aromatic nitrogens is 3. The zero-order valence-electron chi connectivity index (χ0n) is 16.1. The Morgan fingerprint density at radius 1 is 1.27 bits per heavy atom. The van der Waals surface area contributed by atoms with Gasteiger partial charge in [-0.3, -0.25) is 9.36 Å². The Morgan fingerprint density at radius 3 is 2.77 bits per heavy atom. The molecule has 1 aromatic heterocycles. The Hall–Kier alpha value is -1.28. The normalized spacial score (nSPS) is 26.7. The van der Waals surface area contributed by atoms with E-state index in [1.165, 1.54) is 24.6 Å². The van der Waals surface area contributed by atoms with Gasteiger partial charge < -0.3 is 15.0 Å². The number of carbonyl (C=O) groups excluding carboxylic acids is 1. The molecule has 7 nitrogen and oxygen atoms in total. The van der Waals surface area contributed by atoms with E-state index in [4.69, 9.17) is 4.74 Å². The maximum absolute atomic E-state index is 12.4. The fraction of sp³-hybridized carbons (Fsp3) is 0.833. The van der Waals surface area contributed by atoms with Gasteiger partial charge in [0.05, 0.1) is 19.0 Å². The van der Waals surface area contributed by atoms with Crippen molar-refractivity contribution in [1.29, 1.82) is 0 Å².